The van der Waals surface area contributed by atoms with Gasteiger partial charge in [0.1, 0.15) is 5.60 Å². The van der Waals surface area contributed by atoms with E-state index in [1.165, 1.54) is 19.5 Å². The van der Waals surface area contributed by atoms with Crippen molar-refractivity contribution in [1.29, 1.82) is 0 Å². The van der Waals surface area contributed by atoms with Gasteiger partial charge in [0.25, 0.3) is 0 Å². The first-order valence-electron chi connectivity index (χ1n) is 8.97. The Labute approximate surface area is 146 Å². The van der Waals surface area contributed by atoms with Gasteiger partial charge in [-0.15, -0.1) is 0 Å². The third-order valence-electron chi connectivity index (χ3n) is 3.91. The molecule has 1 unspecified atom stereocenters. The maximum absolute atomic E-state index is 11.5. The monoisotopic (exact) mass is 341 g/mol. The molecule has 0 aromatic heterocycles. The minimum absolute atomic E-state index is 0.369. The Balaban J connectivity index is 2.09. The zero-order valence-electron chi connectivity index (χ0n) is 15.9. The summed E-state index contributed by atoms with van der Waals surface area (Å²) in [5, 5.41) is 9.41. The Morgan fingerprint density at radius 2 is 1.96 bits per heavy atom. The van der Waals surface area contributed by atoms with Crippen molar-refractivity contribution < 1.29 is 9.53 Å². The number of carbonyl (C=O) groups is 1. The summed E-state index contributed by atoms with van der Waals surface area (Å²) in [7, 11) is 1.78. The first kappa shape index (κ1) is 20.5. The average molecular weight is 342 g/mol. The molecule has 1 saturated heterocycles. The van der Waals surface area contributed by atoms with Crippen molar-refractivity contribution in [2.24, 2.45) is 10.9 Å². The molecule has 0 saturated carbocycles. The molecular weight excluding hydrogens is 306 g/mol. The fourth-order valence-electron chi connectivity index (χ4n) is 2.63. The number of aliphatic imine (C=N–C) groups is 1. The molecule has 0 aliphatic carbocycles. The van der Waals surface area contributed by atoms with Gasteiger partial charge < -0.3 is 25.6 Å². The van der Waals surface area contributed by atoms with Crippen LogP contribution in [0.3, 0.4) is 0 Å². The van der Waals surface area contributed by atoms with Crippen molar-refractivity contribution in [3.05, 3.63) is 0 Å². The summed E-state index contributed by atoms with van der Waals surface area (Å²) in [6.45, 7) is 13.6. The van der Waals surface area contributed by atoms with E-state index in [2.05, 4.69) is 32.8 Å². The van der Waals surface area contributed by atoms with E-state index in [9.17, 15) is 4.79 Å². The van der Waals surface area contributed by atoms with Crippen LogP contribution in [0.5, 0.6) is 0 Å². The van der Waals surface area contributed by atoms with Crippen molar-refractivity contribution in [2.45, 2.75) is 46.1 Å². The van der Waals surface area contributed by atoms with Gasteiger partial charge in [0.05, 0.1) is 0 Å². The SMILES string of the molecule is CCN1CCC(CNC(=NC)NCCCNC(=O)OC(C)(C)C)C1. The van der Waals surface area contributed by atoms with Crippen LogP contribution in [-0.2, 0) is 4.74 Å². The number of amides is 1. The van der Waals surface area contributed by atoms with Crippen molar-refractivity contribution in [1.82, 2.24) is 20.9 Å². The summed E-state index contributed by atoms with van der Waals surface area (Å²) in [5.74, 6) is 1.51. The standard InChI is InChI=1S/C17H35N5O2/c1-6-22-11-8-14(13-22)12-21-15(18-5)19-9-7-10-20-16(23)24-17(2,3)4/h14H,6-13H2,1-5H3,(H,20,23)(H2,18,19,21). The highest BCUT2D eigenvalue weighted by Crippen LogP contribution is 2.14. The second-order valence-electron chi connectivity index (χ2n) is 7.21. The molecule has 1 amide bonds. The molecule has 3 N–H and O–H groups in total. The van der Waals surface area contributed by atoms with Crippen LogP contribution in [-0.4, -0.2) is 68.9 Å². The van der Waals surface area contributed by atoms with E-state index in [0.717, 1.165) is 32.0 Å². The van der Waals surface area contributed by atoms with Crippen molar-refractivity contribution in [3.8, 4) is 0 Å². The van der Waals surface area contributed by atoms with E-state index in [1.807, 2.05) is 20.8 Å². The van der Waals surface area contributed by atoms with Crippen LogP contribution < -0.4 is 16.0 Å². The van der Waals surface area contributed by atoms with Crippen LogP contribution in [0, 0.1) is 5.92 Å². The lowest BCUT2D eigenvalue weighted by molar-refractivity contribution is 0.0527. The first-order chi connectivity index (χ1) is 11.3. The third kappa shape index (κ3) is 8.96. The van der Waals surface area contributed by atoms with Gasteiger partial charge in [0, 0.05) is 33.2 Å². The lowest BCUT2D eigenvalue weighted by Gasteiger charge is -2.19. The Bertz CT molecular complexity index is 406. The summed E-state index contributed by atoms with van der Waals surface area (Å²) >= 11 is 0. The van der Waals surface area contributed by atoms with Gasteiger partial charge in [-0.25, -0.2) is 4.79 Å². The van der Waals surface area contributed by atoms with E-state index in [0.29, 0.717) is 12.5 Å². The number of guanidine groups is 1. The van der Waals surface area contributed by atoms with Crippen LogP contribution in [0.25, 0.3) is 0 Å². The van der Waals surface area contributed by atoms with Crippen LogP contribution in [0.2, 0.25) is 0 Å². The molecule has 1 rings (SSSR count). The van der Waals surface area contributed by atoms with Gasteiger partial charge in [-0.3, -0.25) is 4.99 Å². The smallest absolute Gasteiger partial charge is 0.407 e. The molecule has 1 heterocycles. The Morgan fingerprint density at radius 3 is 2.54 bits per heavy atom. The van der Waals surface area contributed by atoms with Gasteiger partial charge in [0.2, 0.25) is 0 Å². The summed E-state index contributed by atoms with van der Waals surface area (Å²) < 4.78 is 5.19. The van der Waals surface area contributed by atoms with E-state index in [-0.39, 0.29) is 6.09 Å². The zero-order valence-corrected chi connectivity index (χ0v) is 15.9. The van der Waals surface area contributed by atoms with E-state index in [4.69, 9.17) is 4.74 Å². The number of alkyl carbamates (subject to hydrolysis) is 1. The molecule has 0 radical (unpaired) electrons. The maximum Gasteiger partial charge on any atom is 0.407 e. The number of nitrogens with one attached hydrogen (secondary N) is 3. The van der Waals surface area contributed by atoms with Crippen molar-refractivity contribution >= 4 is 12.1 Å². The third-order valence-corrected chi connectivity index (χ3v) is 3.91. The van der Waals surface area contributed by atoms with E-state index >= 15 is 0 Å². The summed E-state index contributed by atoms with van der Waals surface area (Å²) in [6.07, 6.45) is 1.69. The van der Waals surface area contributed by atoms with Gasteiger partial charge in [0.15, 0.2) is 5.96 Å². The highest BCUT2D eigenvalue weighted by atomic mass is 16.6. The average Bonchev–Trinajstić information content (AvgIpc) is 2.96. The lowest BCUT2D eigenvalue weighted by atomic mass is 10.1. The molecule has 1 atom stereocenters. The molecule has 7 heteroatoms. The molecule has 0 spiro atoms. The number of hydrogen-bond acceptors (Lipinski definition) is 4. The number of hydrogen-bond donors (Lipinski definition) is 3. The second kappa shape index (κ2) is 10.4. The molecule has 0 bridgehead atoms. The zero-order chi connectivity index (χ0) is 18.0. The highest BCUT2D eigenvalue weighted by Gasteiger charge is 2.21. The van der Waals surface area contributed by atoms with Crippen molar-refractivity contribution in [3.63, 3.8) is 0 Å². The van der Waals surface area contributed by atoms with Gasteiger partial charge >= 0.3 is 6.09 Å². The normalized spacial score (nSPS) is 19.2. The van der Waals surface area contributed by atoms with Crippen LogP contribution in [0.4, 0.5) is 4.79 Å². The number of likely N-dealkylation sites (tertiary alicyclic amines) is 1. The Hall–Kier alpha value is -1.50. The summed E-state index contributed by atoms with van der Waals surface area (Å²) in [5.41, 5.74) is -0.456. The fraction of sp³-hybridized carbons (Fsp3) is 0.882. The fourth-order valence-corrected chi connectivity index (χ4v) is 2.63. The minimum Gasteiger partial charge on any atom is -0.444 e. The Morgan fingerprint density at radius 1 is 1.25 bits per heavy atom. The van der Waals surface area contributed by atoms with Gasteiger partial charge in [-0.05, 0) is 52.6 Å². The molecule has 24 heavy (non-hydrogen) atoms. The molecule has 7 nitrogen and oxygen atoms in total. The van der Waals surface area contributed by atoms with E-state index < -0.39 is 5.60 Å². The first-order valence-corrected chi connectivity index (χ1v) is 8.97. The molecule has 1 aliphatic heterocycles. The predicted molar refractivity (Wildman–Crippen MR) is 98.4 cm³/mol. The predicted octanol–water partition coefficient (Wildman–Crippen LogP) is 1.41. The van der Waals surface area contributed by atoms with Crippen LogP contribution >= 0.6 is 0 Å². The van der Waals surface area contributed by atoms with Gasteiger partial charge in [-0.2, -0.15) is 0 Å². The molecule has 0 aromatic carbocycles. The van der Waals surface area contributed by atoms with Crippen LogP contribution in [0.1, 0.15) is 40.5 Å². The highest BCUT2D eigenvalue weighted by molar-refractivity contribution is 5.79. The van der Waals surface area contributed by atoms with Gasteiger partial charge in [-0.1, -0.05) is 6.92 Å². The number of carbonyl (C=O) groups excluding carboxylic acids is 1. The number of nitrogens with zero attached hydrogens (tertiary/aromatic N) is 2. The second-order valence-corrected chi connectivity index (χ2v) is 7.21. The van der Waals surface area contributed by atoms with E-state index in [1.54, 1.807) is 7.05 Å². The molecule has 140 valence electrons. The minimum atomic E-state index is -0.456. The molecule has 0 aromatic rings. The number of ether oxygens (including phenoxy) is 1. The quantitative estimate of drug-likeness (QED) is 0.371. The summed E-state index contributed by atoms with van der Waals surface area (Å²) in [4.78, 5) is 18.2. The topological polar surface area (TPSA) is 78.0 Å². The Kier molecular flexibility index (Phi) is 8.89. The molecule has 1 fully saturated rings. The van der Waals surface area contributed by atoms with Crippen LogP contribution in [0.15, 0.2) is 4.99 Å². The lowest BCUT2D eigenvalue weighted by Crippen LogP contribution is -2.41. The maximum atomic E-state index is 11.5. The molecule has 1 aliphatic rings. The molecular formula is C17H35N5O2. The summed E-state index contributed by atoms with van der Waals surface area (Å²) in [6, 6.07) is 0. The van der Waals surface area contributed by atoms with Crippen molar-refractivity contribution in [2.75, 3.05) is 46.3 Å². The largest absolute Gasteiger partial charge is 0.444 e. The number of rotatable bonds is 7.